The standard InChI is InChI=1S/C17H18ClNO4/c1-11(17(21)22)9-19(2)16(20)6-3-12-7-13-8-14(18)4-5-15(13)23-10-12/h3-8,11H,9-10H2,1-2H3,(H,21,22). The van der Waals surface area contributed by atoms with Crippen molar-refractivity contribution in [3.8, 4) is 5.75 Å². The molecule has 5 nitrogen and oxygen atoms in total. The van der Waals surface area contributed by atoms with Crippen molar-refractivity contribution in [3.63, 3.8) is 0 Å². The predicted molar refractivity (Wildman–Crippen MR) is 88.5 cm³/mol. The monoisotopic (exact) mass is 335 g/mol. The van der Waals surface area contributed by atoms with Gasteiger partial charge in [0.15, 0.2) is 0 Å². The van der Waals surface area contributed by atoms with E-state index in [2.05, 4.69) is 0 Å². The van der Waals surface area contributed by atoms with Gasteiger partial charge >= 0.3 is 5.97 Å². The molecule has 1 aliphatic heterocycles. The van der Waals surface area contributed by atoms with Crippen LogP contribution in [0.4, 0.5) is 0 Å². The molecule has 0 aromatic heterocycles. The smallest absolute Gasteiger partial charge is 0.308 e. The Morgan fingerprint density at radius 1 is 1.48 bits per heavy atom. The highest BCUT2D eigenvalue weighted by Gasteiger charge is 2.16. The van der Waals surface area contributed by atoms with E-state index in [0.717, 1.165) is 16.9 Å². The average Bonchev–Trinajstić information content (AvgIpc) is 2.51. The molecule has 2 rings (SSSR count). The van der Waals surface area contributed by atoms with Crippen LogP contribution < -0.4 is 4.74 Å². The first-order valence-electron chi connectivity index (χ1n) is 7.15. The number of nitrogens with zero attached hydrogens (tertiary/aromatic N) is 1. The van der Waals surface area contributed by atoms with Gasteiger partial charge in [0, 0.05) is 30.3 Å². The summed E-state index contributed by atoms with van der Waals surface area (Å²) in [5.41, 5.74) is 1.71. The Morgan fingerprint density at radius 3 is 2.91 bits per heavy atom. The molecule has 1 N–H and O–H groups in total. The number of halogens is 1. The third kappa shape index (κ3) is 4.60. The van der Waals surface area contributed by atoms with Crippen molar-refractivity contribution in [3.05, 3.63) is 46.5 Å². The van der Waals surface area contributed by atoms with Gasteiger partial charge in [-0.2, -0.15) is 0 Å². The summed E-state index contributed by atoms with van der Waals surface area (Å²) in [7, 11) is 1.58. The van der Waals surface area contributed by atoms with Gasteiger partial charge < -0.3 is 14.7 Å². The summed E-state index contributed by atoms with van der Waals surface area (Å²) in [6.07, 6.45) is 5.00. The van der Waals surface area contributed by atoms with E-state index in [1.54, 1.807) is 38.2 Å². The third-order valence-electron chi connectivity index (χ3n) is 3.49. The number of carbonyl (C=O) groups is 2. The van der Waals surface area contributed by atoms with Gasteiger partial charge in [0.05, 0.1) is 5.92 Å². The summed E-state index contributed by atoms with van der Waals surface area (Å²) >= 11 is 5.96. The van der Waals surface area contributed by atoms with Crippen molar-refractivity contribution in [2.24, 2.45) is 5.92 Å². The van der Waals surface area contributed by atoms with E-state index >= 15 is 0 Å². The Morgan fingerprint density at radius 2 is 2.22 bits per heavy atom. The summed E-state index contributed by atoms with van der Waals surface area (Å²) in [6.45, 7) is 2.09. The average molecular weight is 336 g/mol. The Hall–Kier alpha value is -2.27. The van der Waals surface area contributed by atoms with Crippen LogP contribution in [-0.4, -0.2) is 42.1 Å². The predicted octanol–water partition coefficient (Wildman–Crippen LogP) is 2.85. The van der Waals surface area contributed by atoms with Gasteiger partial charge in [-0.1, -0.05) is 24.6 Å². The lowest BCUT2D eigenvalue weighted by Crippen LogP contribution is -2.32. The fraction of sp³-hybridized carbons (Fsp3) is 0.294. The van der Waals surface area contributed by atoms with Crippen LogP contribution in [0.1, 0.15) is 12.5 Å². The summed E-state index contributed by atoms with van der Waals surface area (Å²) < 4.78 is 5.60. The Balaban J connectivity index is 2.03. The SMILES string of the molecule is CC(CN(C)C(=O)C=CC1=Cc2cc(Cl)ccc2OC1)C(=O)O. The van der Waals surface area contributed by atoms with Gasteiger partial charge in [0.25, 0.3) is 0 Å². The van der Waals surface area contributed by atoms with Gasteiger partial charge in [0.1, 0.15) is 12.4 Å². The molecule has 1 amide bonds. The molecule has 0 fully saturated rings. The summed E-state index contributed by atoms with van der Waals surface area (Å²) in [6, 6.07) is 5.37. The molecule has 0 spiro atoms. The van der Waals surface area contributed by atoms with Crippen molar-refractivity contribution in [2.75, 3.05) is 20.2 Å². The van der Waals surface area contributed by atoms with E-state index in [4.69, 9.17) is 21.4 Å². The van der Waals surface area contributed by atoms with Crippen LogP contribution in [-0.2, 0) is 9.59 Å². The van der Waals surface area contributed by atoms with Gasteiger partial charge in [-0.05, 0) is 29.8 Å². The van der Waals surface area contributed by atoms with Crippen molar-refractivity contribution >= 4 is 29.6 Å². The molecule has 1 aromatic rings. The van der Waals surface area contributed by atoms with Crippen LogP contribution in [0.3, 0.4) is 0 Å². The van der Waals surface area contributed by atoms with E-state index in [1.165, 1.54) is 11.0 Å². The first-order valence-corrected chi connectivity index (χ1v) is 7.53. The second-order valence-corrected chi connectivity index (χ2v) is 5.92. The van der Waals surface area contributed by atoms with Gasteiger partial charge in [-0.25, -0.2) is 0 Å². The maximum atomic E-state index is 12.0. The molecule has 23 heavy (non-hydrogen) atoms. The molecule has 0 aliphatic carbocycles. The number of aliphatic carboxylic acids is 1. The second-order valence-electron chi connectivity index (χ2n) is 5.48. The second kappa shape index (κ2) is 7.33. The van der Waals surface area contributed by atoms with Crippen LogP contribution >= 0.6 is 11.6 Å². The Bertz CT molecular complexity index is 681. The number of rotatable bonds is 5. The molecule has 0 bridgehead atoms. The van der Waals surface area contributed by atoms with Crippen molar-refractivity contribution in [1.29, 1.82) is 0 Å². The minimum absolute atomic E-state index is 0.159. The van der Waals surface area contributed by atoms with E-state index in [9.17, 15) is 9.59 Å². The van der Waals surface area contributed by atoms with Crippen LogP contribution in [0.25, 0.3) is 6.08 Å². The number of benzene rings is 1. The molecule has 1 heterocycles. The normalized spacial score (nSPS) is 14.7. The molecular formula is C17H18ClNO4. The first kappa shape index (κ1) is 17.1. The first-order chi connectivity index (χ1) is 10.9. The molecule has 1 aliphatic rings. The number of carboxylic acids is 1. The number of ether oxygens (including phenoxy) is 1. The van der Waals surface area contributed by atoms with E-state index in [-0.39, 0.29) is 12.5 Å². The van der Waals surface area contributed by atoms with Crippen molar-refractivity contribution < 1.29 is 19.4 Å². The van der Waals surface area contributed by atoms with Crippen LogP contribution in [0, 0.1) is 5.92 Å². The molecule has 1 aromatic carbocycles. The summed E-state index contributed by atoms with van der Waals surface area (Å²) in [5.74, 6) is -1.03. The molecule has 0 saturated heterocycles. The van der Waals surface area contributed by atoms with E-state index in [0.29, 0.717) is 11.6 Å². The van der Waals surface area contributed by atoms with E-state index in [1.807, 2.05) is 6.08 Å². The number of hydrogen-bond donors (Lipinski definition) is 1. The largest absolute Gasteiger partial charge is 0.488 e. The third-order valence-corrected chi connectivity index (χ3v) is 3.73. The van der Waals surface area contributed by atoms with Crippen LogP contribution in [0.2, 0.25) is 5.02 Å². The summed E-state index contributed by atoms with van der Waals surface area (Å²) in [5, 5.41) is 9.49. The zero-order chi connectivity index (χ0) is 17.0. The highest BCUT2D eigenvalue weighted by molar-refractivity contribution is 6.30. The molecule has 1 unspecified atom stereocenters. The summed E-state index contributed by atoms with van der Waals surface area (Å²) in [4.78, 5) is 24.2. The lowest BCUT2D eigenvalue weighted by Gasteiger charge is -2.18. The van der Waals surface area contributed by atoms with Crippen LogP contribution in [0.5, 0.6) is 5.75 Å². The van der Waals surface area contributed by atoms with Gasteiger partial charge in [-0.15, -0.1) is 0 Å². The minimum Gasteiger partial charge on any atom is -0.488 e. The van der Waals surface area contributed by atoms with Crippen molar-refractivity contribution in [1.82, 2.24) is 4.90 Å². The number of carbonyl (C=O) groups excluding carboxylic acids is 1. The number of fused-ring (bicyclic) bond motifs is 1. The number of hydrogen-bond acceptors (Lipinski definition) is 3. The molecule has 0 saturated carbocycles. The zero-order valence-electron chi connectivity index (χ0n) is 13.0. The molecular weight excluding hydrogens is 318 g/mol. The van der Waals surface area contributed by atoms with Crippen LogP contribution in [0.15, 0.2) is 35.9 Å². The molecule has 6 heteroatoms. The molecule has 0 radical (unpaired) electrons. The molecule has 1 atom stereocenters. The Labute approximate surface area is 139 Å². The number of likely N-dealkylation sites (N-methyl/N-ethyl adjacent to an activating group) is 1. The van der Waals surface area contributed by atoms with E-state index < -0.39 is 11.9 Å². The fourth-order valence-corrected chi connectivity index (χ4v) is 2.33. The van der Waals surface area contributed by atoms with Gasteiger partial charge in [-0.3, -0.25) is 9.59 Å². The minimum atomic E-state index is -0.925. The quantitative estimate of drug-likeness (QED) is 0.840. The maximum absolute atomic E-state index is 12.0. The molecule has 122 valence electrons. The fourth-order valence-electron chi connectivity index (χ4n) is 2.15. The van der Waals surface area contributed by atoms with Crippen molar-refractivity contribution in [2.45, 2.75) is 6.92 Å². The lowest BCUT2D eigenvalue weighted by atomic mass is 10.1. The Kier molecular flexibility index (Phi) is 5.45. The zero-order valence-corrected chi connectivity index (χ0v) is 13.7. The topological polar surface area (TPSA) is 66.8 Å². The highest BCUT2D eigenvalue weighted by atomic mass is 35.5. The van der Waals surface area contributed by atoms with Gasteiger partial charge in [0.2, 0.25) is 5.91 Å². The lowest BCUT2D eigenvalue weighted by molar-refractivity contribution is -0.142. The maximum Gasteiger partial charge on any atom is 0.308 e. The highest BCUT2D eigenvalue weighted by Crippen LogP contribution is 2.29. The number of carboxylic acid groups (broad SMARTS) is 1. The number of amides is 1.